The van der Waals surface area contributed by atoms with Crippen molar-refractivity contribution in [1.82, 2.24) is 19.6 Å². The number of aromatic nitrogens is 2. The predicted octanol–water partition coefficient (Wildman–Crippen LogP) is 2.39. The van der Waals surface area contributed by atoms with E-state index in [1.54, 1.807) is 0 Å². The van der Waals surface area contributed by atoms with Gasteiger partial charge in [-0.1, -0.05) is 6.92 Å². The fraction of sp³-hybridized carbons (Fsp3) is 0.810. The van der Waals surface area contributed by atoms with Gasteiger partial charge in [0.2, 0.25) is 5.91 Å². The van der Waals surface area contributed by atoms with Gasteiger partial charge in [0.15, 0.2) is 0 Å². The first-order chi connectivity index (χ1) is 14.4. The molecule has 0 saturated carbocycles. The number of hydrogen-bond donors (Lipinski definition) is 1. The van der Waals surface area contributed by atoms with Crippen LogP contribution in [0.2, 0.25) is 0 Å². The Hall–Kier alpha value is -1.74. The number of piperidine rings is 1. The van der Waals surface area contributed by atoms with Crippen LogP contribution >= 0.6 is 0 Å². The highest BCUT2D eigenvalue weighted by atomic mass is 19.3. The first-order valence-corrected chi connectivity index (χ1v) is 11.1. The number of likely N-dealkylation sites (tertiary alicyclic amines) is 1. The number of hydrogen-bond acceptors (Lipinski definition) is 5. The minimum absolute atomic E-state index is 0.0703. The van der Waals surface area contributed by atoms with Crippen LogP contribution in [0.1, 0.15) is 37.9 Å². The van der Waals surface area contributed by atoms with Gasteiger partial charge in [-0.25, -0.2) is 13.5 Å². The van der Waals surface area contributed by atoms with E-state index in [0.29, 0.717) is 18.8 Å². The molecular weight excluding hydrogens is 392 g/mol. The van der Waals surface area contributed by atoms with E-state index >= 15 is 0 Å². The molecule has 7 nitrogen and oxygen atoms in total. The molecule has 4 rings (SSSR count). The number of ether oxygens (including phenoxy) is 1. The van der Waals surface area contributed by atoms with Crippen LogP contribution in [-0.2, 0) is 9.53 Å². The summed E-state index contributed by atoms with van der Waals surface area (Å²) in [6.07, 6.45) is -0.261. The quantitative estimate of drug-likeness (QED) is 0.785. The third kappa shape index (κ3) is 4.61. The van der Waals surface area contributed by atoms with Crippen molar-refractivity contribution in [2.45, 2.75) is 51.6 Å². The number of carbonyl (C=O) groups is 1. The number of morpholine rings is 1. The van der Waals surface area contributed by atoms with Gasteiger partial charge in [-0.05, 0) is 32.1 Å². The highest BCUT2D eigenvalue weighted by Gasteiger charge is 2.39. The topological polar surface area (TPSA) is 62.6 Å². The Bertz CT molecular complexity index is 737. The molecule has 1 aromatic rings. The molecular formula is C21H33F2N5O2. The van der Waals surface area contributed by atoms with Crippen molar-refractivity contribution in [3.05, 3.63) is 11.8 Å². The van der Waals surface area contributed by atoms with Crippen LogP contribution in [0.25, 0.3) is 0 Å². The number of aryl methyl sites for hydroxylation is 1. The number of fused-ring (bicyclic) bond motifs is 1. The van der Waals surface area contributed by atoms with Crippen LogP contribution in [0.5, 0.6) is 0 Å². The SMILES string of the molecule is Cc1cc2n(n1)[C@@H](C(F)F)C[C@@H](C1CCCN(C(=O)C(C)CN3CCOCC3)C1)N2. The summed E-state index contributed by atoms with van der Waals surface area (Å²) in [5.74, 6) is 0.939. The molecule has 168 valence electrons. The largest absolute Gasteiger partial charge is 0.379 e. The smallest absolute Gasteiger partial charge is 0.260 e. The van der Waals surface area contributed by atoms with Crippen molar-refractivity contribution >= 4 is 11.7 Å². The van der Waals surface area contributed by atoms with Gasteiger partial charge in [-0.3, -0.25) is 9.69 Å². The average Bonchev–Trinajstić information content (AvgIpc) is 3.13. The summed E-state index contributed by atoms with van der Waals surface area (Å²) in [6.45, 7) is 9.14. The van der Waals surface area contributed by atoms with E-state index in [1.807, 2.05) is 24.8 Å². The normalized spacial score (nSPS) is 28.8. The fourth-order valence-corrected chi connectivity index (χ4v) is 5.11. The summed E-state index contributed by atoms with van der Waals surface area (Å²) in [6, 6.07) is 0.849. The molecule has 4 heterocycles. The number of alkyl halides is 2. The van der Waals surface area contributed by atoms with Gasteiger partial charge in [0.05, 0.1) is 18.9 Å². The van der Waals surface area contributed by atoms with Gasteiger partial charge in [0.25, 0.3) is 6.43 Å². The second-order valence-electron chi connectivity index (χ2n) is 9.00. The summed E-state index contributed by atoms with van der Waals surface area (Å²) in [5, 5.41) is 7.69. The van der Waals surface area contributed by atoms with Crippen LogP contribution in [0.15, 0.2) is 6.07 Å². The Kier molecular flexibility index (Phi) is 6.57. The molecule has 0 aromatic carbocycles. The minimum Gasteiger partial charge on any atom is -0.379 e. The van der Waals surface area contributed by atoms with Crippen molar-refractivity contribution in [2.75, 3.05) is 51.3 Å². The predicted molar refractivity (Wildman–Crippen MR) is 110 cm³/mol. The molecule has 1 amide bonds. The lowest BCUT2D eigenvalue weighted by Gasteiger charge is -2.42. The molecule has 0 radical (unpaired) electrons. The van der Waals surface area contributed by atoms with Gasteiger partial charge in [-0.15, -0.1) is 0 Å². The zero-order valence-electron chi connectivity index (χ0n) is 17.9. The first kappa shape index (κ1) is 21.5. The molecule has 1 N–H and O–H groups in total. The van der Waals surface area contributed by atoms with Gasteiger partial charge in [0.1, 0.15) is 11.9 Å². The van der Waals surface area contributed by atoms with E-state index < -0.39 is 12.5 Å². The number of amides is 1. The lowest BCUT2D eigenvalue weighted by Crippen LogP contribution is -2.50. The van der Waals surface area contributed by atoms with Crippen LogP contribution in [0.3, 0.4) is 0 Å². The van der Waals surface area contributed by atoms with E-state index in [-0.39, 0.29) is 23.8 Å². The zero-order valence-corrected chi connectivity index (χ0v) is 17.9. The standard InChI is InChI=1S/C21H33F2N5O2/c1-14(12-26-6-8-30-9-7-26)21(29)27-5-3-4-16(13-27)17-11-18(20(22)23)28-19(24-17)10-15(2)25-28/h10,14,16-18,20,24H,3-9,11-13H2,1-2H3/t14?,16?,17-,18+/m0/s1. The summed E-state index contributed by atoms with van der Waals surface area (Å²) < 4.78 is 34.3. The molecule has 3 aliphatic rings. The Labute approximate surface area is 176 Å². The molecule has 30 heavy (non-hydrogen) atoms. The lowest BCUT2D eigenvalue weighted by molar-refractivity contribution is -0.138. The molecule has 0 aliphatic carbocycles. The molecule has 0 spiro atoms. The maximum Gasteiger partial charge on any atom is 0.260 e. The highest BCUT2D eigenvalue weighted by molar-refractivity contribution is 5.78. The van der Waals surface area contributed by atoms with Crippen LogP contribution in [-0.4, -0.2) is 83.9 Å². The van der Waals surface area contributed by atoms with E-state index in [0.717, 1.165) is 57.9 Å². The fourth-order valence-electron chi connectivity index (χ4n) is 5.11. The molecule has 9 heteroatoms. The summed E-state index contributed by atoms with van der Waals surface area (Å²) >= 11 is 0. The minimum atomic E-state index is -2.46. The zero-order chi connectivity index (χ0) is 21.3. The molecule has 1 aromatic heterocycles. The number of anilines is 1. The van der Waals surface area contributed by atoms with E-state index in [1.165, 1.54) is 4.68 Å². The van der Waals surface area contributed by atoms with Crippen LogP contribution in [0, 0.1) is 18.8 Å². The molecule has 0 bridgehead atoms. The molecule has 2 saturated heterocycles. The number of carbonyl (C=O) groups excluding carboxylic acids is 1. The van der Waals surface area contributed by atoms with Crippen molar-refractivity contribution < 1.29 is 18.3 Å². The molecule has 4 atom stereocenters. The van der Waals surface area contributed by atoms with Crippen molar-refractivity contribution in [1.29, 1.82) is 0 Å². The third-order valence-corrected chi connectivity index (χ3v) is 6.69. The summed E-state index contributed by atoms with van der Waals surface area (Å²) in [4.78, 5) is 17.3. The van der Waals surface area contributed by atoms with Crippen LogP contribution in [0.4, 0.5) is 14.6 Å². The second-order valence-corrected chi connectivity index (χ2v) is 9.00. The average molecular weight is 426 g/mol. The van der Waals surface area contributed by atoms with E-state index in [2.05, 4.69) is 15.3 Å². The highest BCUT2D eigenvalue weighted by Crippen LogP contribution is 2.36. The molecule has 2 unspecified atom stereocenters. The second kappa shape index (κ2) is 9.18. The van der Waals surface area contributed by atoms with Gasteiger partial charge in [0, 0.05) is 50.7 Å². The lowest BCUT2D eigenvalue weighted by atomic mass is 9.85. The van der Waals surface area contributed by atoms with Crippen molar-refractivity contribution in [3.63, 3.8) is 0 Å². The molecule has 2 fully saturated rings. The third-order valence-electron chi connectivity index (χ3n) is 6.69. The maximum atomic E-state index is 13.7. The van der Waals surface area contributed by atoms with Crippen molar-refractivity contribution in [3.8, 4) is 0 Å². The van der Waals surface area contributed by atoms with Gasteiger partial charge >= 0.3 is 0 Å². The molecule has 3 aliphatic heterocycles. The number of nitrogens with one attached hydrogen (secondary N) is 1. The Morgan fingerprint density at radius 2 is 2.10 bits per heavy atom. The van der Waals surface area contributed by atoms with Gasteiger partial charge in [-0.2, -0.15) is 5.10 Å². The number of halogens is 2. The monoisotopic (exact) mass is 425 g/mol. The van der Waals surface area contributed by atoms with E-state index in [4.69, 9.17) is 4.74 Å². The summed E-state index contributed by atoms with van der Waals surface area (Å²) in [5.41, 5.74) is 0.737. The summed E-state index contributed by atoms with van der Waals surface area (Å²) in [7, 11) is 0. The Morgan fingerprint density at radius 1 is 1.33 bits per heavy atom. The maximum absolute atomic E-state index is 13.7. The first-order valence-electron chi connectivity index (χ1n) is 11.1. The Morgan fingerprint density at radius 3 is 2.83 bits per heavy atom. The number of rotatable bonds is 5. The Balaban J connectivity index is 1.39. The van der Waals surface area contributed by atoms with Crippen LogP contribution < -0.4 is 5.32 Å². The van der Waals surface area contributed by atoms with Gasteiger partial charge < -0.3 is 15.0 Å². The van der Waals surface area contributed by atoms with Crippen molar-refractivity contribution in [2.24, 2.45) is 11.8 Å². The van der Waals surface area contributed by atoms with E-state index in [9.17, 15) is 13.6 Å². The number of nitrogens with zero attached hydrogens (tertiary/aromatic N) is 4.